The topological polar surface area (TPSA) is 47.3 Å². The van der Waals surface area contributed by atoms with Crippen molar-refractivity contribution in [2.45, 2.75) is 19.1 Å². The number of nitrogens with two attached hydrogens (primary N) is 1. The molecule has 3 nitrogen and oxygen atoms in total. The summed E-state index contributed by atoms with van der Waals surface area (Å²) >= 11 is 4.66. The van der Waals surface area contributed by atoms with Gasteiger partial charge >= 0.3 is 0 Å². The SMILES string of the molecule is C[C@]1(NC(N)=S)CC=CO1. The third-order valence-electron chi connectivity index (χ3n) is 1.32. The largest absolute Gasteiger partial charge is 0.476 e. The Morgan fingerprint density at radius 1 is 1.90 bits per heavy atom. The van der Waals surface area contributed by atoms with Crippen LogP contribution < -0.4 is 11.1 Å². The fraction of sp³-hybridized carbons (Fsp3) is 0.500. The van der Waals surface area contributed by atoms with Crippen LogP contribution in [0.25, 0.3) is 0 Å². The standard InChI is InChI=1S/C6H10N2OS/c1-6(8-5(7)10)3-2-4-9-6/h2,4H,3H2,1H3,(H3,7,8,10)/t6-/m1/s1. The summed E-state index contributed by atoms with van der Waals surface area (Å²) in [4.78, 5) is 0. The number of hydrogen-bond acceptors (Lipinski definition) is 2. The van der Waals surface area contributed by atoms with Crippen LogP contribution >= 0.6 is 12.2 Å². The van der Waals surface area contributed by atoms with Crippen molar-refractivity contribution in [2.75, 3.05) is 0 Å². The maximum Gasteiger partial charge on any atom is 0.182 e. The molecule has 10 heavy (non-hydrogen) atoms. The minimum absolute atomic E-state index is 0.270. The lowest BCUT2D eigenvalue weighted by Gasteiger charge is -2.24. The Morgan fingerprint density at radius 2 is 2.60 bits per heavy atom. The molecule has 0 saturated carbocycles. The predicted octanol–water partition coefficient (Wildman–Crippen LogP) is 0.470. The Balaban J connectivity index is 2.46. The summed E-state index contributed by atoms with van der Waals surface area (Å²) < 4.78 is 5.19. The van der Waals surface area contributed by atoms with Crippen molar-refractivity contribution in [1.82, 2.24) is 5.32 Å². The molecular formula is C6H10N2OS. The molecule has 1 aliphatic heterocycles. The van der Waals surface area contributed by atoms with E-state index in [0.29, 0.717) is 0 Å². The van der Waals surface area contributed by atoms with E-state index in [1.807, 2.05) is 13.0 Å². The minimum Gasteiger partial charge on any atom is -0.476 e. The van der Waals surface area contributed by atoms with Gasteiger partial charge in [0.25, 0.3) is 0 Å². The van der Waals surface area contributed by atoms with Crippen LogP contribution in [0, 0.1) is 0 Å². The van der Waals surface area contributed by atoms with E-state index in [1.165, 1.54) is 0 Å². The Labute approximate surface area is 65.2 Å². The highest BCUT2D eigenvalue weighted by Gasteiger charge is 2.26. The quantitative estimate of drug-likeness (QED) is 0.545. The summed E-state index contributed by atoms with van der Waals surface area (Å²) in [5.41, 5.74) is 4.86. The molecule has 0 aliphatic carbocycles. The van der Waals surface area contributed by atoms with Gasteiger partial charge in [-0.15, -0.1) is 0 Å². The minimum atomic E-state index is -0.411. The molecule has 0 spiro atoms. The van der Waals surface area contributed by atoms with Crippen molar-refractivity contribution in [1.29, 1.82) is 0 Å². The summed E-state index contributed by atoms with van der Waals surface area (Å²) in [7, 11) is 0. The highest BCUT2D eigenvalue weighted by Crippen LogP contribution is 2.18. The van der Waals surface area contributed by atoms with Crippen LogP contribution in [0.5, 0.6) is 0 Å². The van der Waals surface area contributed by atoms with E-state index in [0.717, 1.165) is 6.42 Å². The molecule has 0 aromatic carbocycles. The number of ether oxygens (including phenoxy) is 1. The first-order valence-electron chi connectivity index (χ1n) is 3.03. The van der Waals surface area contributed by atoms with E-state index in [4.69, 9.17) is 10.5 Å². The maximum absolute atomic E-state index is 5.27. The maximum atomic E-state index is 5.27. The zero-order valence-electron chi connectivity index (χ0n) is 5.76. The van der Waals surface area contributed by atoms with E-state index < -0.39 is 5.72 Å². The average Bonchev–Trinajstić information content (AvgIpc) is 2.12. The lowest BCUT2D eigenvalue weighted by atomic mass is 10.2. The van der Waals surface area contributed by atoms with Gasteiger partial charge in [-0.3, -0.25) is 0 Å². The zero-order valence-corrected chi connectivity index (χ0v) is 6.57. The molecule has 0 aromatic heterocycles. The van der Waals surface area contributed by atoms with Crippen LogP contribution in [0.3, 0.4) is 0 Å². The lowest BCUT2D eigenvalue weighted by molar-refractivity contribution is 0.0491. The molecule has 1 atom stereocenters. The second-order valence-electron chi connectivity index (χ2n) is 2.41. The summed E-state index contributed by atoms with van der Waals surface area (Å²) in [5.74, 6) is 0. The van der Waals surface area contributed by atoms with E-state index in [9.17, 15) is 0 Å². The van der Waals surface area contributed by atoms with Crippen molar-refractivity contribution in [3.8, 4) is 0 Å². The van der Waals surface area contributed by atoms with Crippen molar-refractivity contribution < 1.29 is 4.74 Å². The highest BCUT2D eigenvalue weighted by atomic mass is 32.1. The summed E-state index contributed by atoms with van der Waals surface area (Å²) in [5, 5.41) is 3.11. The lowest BCUT2D eigenvalue weighted by Crippen LogP contribution is -2.47. The van der Waals surface area contributed by atoms with E-state index in [1.54, 1.807) is 6.26 Å². The zero-order chi connectivity index (χ0) is 7.61. The van der Waals surface area contributed by atoms with Gasteiger partial charge in [0.2, 0.25) is 0 Å². The van der Waals surface area contributed by atoms with Crippen LogP contribution in [-0.2, 0) is 4.74 Å². The van der Waals surface area contributed by atoms with E-state index >= 15 is 0 Å². The van der Waals surface area contributed by atoms with Gasteiger partial charge in [-0.2, -0.15) is 0 Å². The smallest absolute Gasteiger partial charge is 0.182 e. The number of thiocarbonyl (C=S) groups is 1. The van der Waals surface area contributed by atoms with E-state index in [2.05, 4.69) is 17.5 Å². The summed E-state index contributed by atoms with van der Waals surface area (Å²) in [6.45, 7) is 1.90. The molecule has 0 bridgehead atoms. The summed E-state index contributed by atoms with van der Waals surface area (Å²) in [6, 6.07) is 0. The van der Waals surface area contributed by atoms with Crippen LogP contribution in [0.1, 0.15) is 13.3 Å². The third kappa shape index (κ3) is 1.60. The first-order valence-corrected chi connectivity index (χ1v) is 3.44. The van der Waals surface area contributed by atoms with Crippen molar-refractivity contribution in [2.24, 2.45) is 5.73 Å². The van der Waals surface area contributed by atoms with Crippen LogP contribution in [-0.4, -0.2) is 10.8 Å². The van der Waals surface area contributed by atoms with Gasteiger partial charge in [0.05, 0.1) is 6.26 Å². The second-order valence-corrected chi connectivity index (χ2v) is 2.85. The molecule has 0 radical (unpaired) electrons. The number of hydrogen-bond donors (Lipinski definition) is 2. The van der Waals surface area contributed by atoms with Gasteiger partial charge in [0.15, 0.2) is 10.8 Å². The second kappa shape index (κ2) is 2.46. The molecular weight excluding hydrogens is 148 g/mol. The number of nitrogens with one attached hydrogen (secondary N) is 1. The monoisotopic (exact) mass is 158 g/mol. The van der Waals surface area contributed by atoms with Gasteiger partial charge in [-0.05, 0) is 25.2 Å². The van der Waals surface area contributed by atoms with Gasteiger partial charge in [0.1, 0.15) is 0 Å². The van der Waals surface area contributed by atoms with Crippen LogP contribution in [0.2, 0.25) is 0 Å². The predicted molar refractivity (Wildman–Crippen MR) is 43.2 cm³/mol. The Morgan fingerprint density at radius 3 is 3.00 bits per heavy atom. The number of rotatable bonds is 1. The molecule has 4 heteroatoms. The Bertz CT molecular complexity index is 171. The van der Waals surface area contributed by atoms with Gasteiger partial charge in [0, 0.05) is 6.42 Å². The average molecular weight is 158 g/mol. The molecule has 0 unspecified atom stereocenters. The first kappa shape index (κ1) is 7.34. The molecule has 1 rings (SSSR count). The van der Waals surface area contributed by atoms with Crippen LogP contribution in [0.15, 0.2) is 12.3 Å². The van der Waals surface area contributed by atoms with Crippen molar-refractivity contribution >= 4 is 17.3 Å². The molecule has 0 fully saturated rings. The molecule has 0 amide bonds. The summed E-state index contributed by atoms with van der Waals surface area (Å²) in [6.07, 6.45) is 4.36. The fourth-order valence-corrected chi connectivity index (χ4v) is 1.08. The normalized spacial score (nSPS) is 29.7. The highest BCUT2D eigenvalue weighted by molar-refractivity contribution is 7.80. The van der Waals surface area contributed by atoms with Crippen molar-refractivity contribution in [3.05, 3.63) is 12.3 Å². The molecule has 0 saturated heterocycles. The fourth-order valence-electron chi connectivity index (χ4n) is 0.861. The Hall–Kier alpha value is -0.770. The van der Waals surface area contributed by atoms with Gasteiger partial charge < -0.3 is 15.8 Å². The molecule has 1 aliphatic rings. The van der Waals surface area contributed by atoms with Crippen LogP contribution in [0.4, 0.5) is 0 Å². The van der Waals surface area contributed by atoms with Crippen molar-refractivity contribution in [3.63, 3.8) is 0 Å². The van der Waals surface area contributed by atoms with Gasteiger partial charge in [-0.1, -0.05) is 0 Å². The molecule has 0 aromatic rings. The first-order chi connectivity index (χ1) is 4.62. The molecule has 3 N–H and O–H groups in total. The molecule has 56 valence electrons. The molecule has 1 heterocycles. The van der Waals surface area contributed by atoms with E-state index in [-0.39, 0.29) is 5.11 Å². The van der Waals surface area contributed by atoms with Gasteiger partial charge in [-0.25, -0.2) is 0 Å². The third-order valence-corrected chi connectivity index (χ3v) is 1.42. The Kier molecular flexibility index (Phi) is 1.80.